The van der Waals surface area contributed by atoms with E-state index in [0.717, 1.165) is 4.90 Å². The third-order valence-corrected chi connectivity index (χ3v) is 6.11. The maximum absolute atomic E-state index is 12.6. The maximum atomic E-state index is 12.6. The van der Waals surface area contributed by atoms with Gasteiger partial charge in [-0.15, -0.1) is 0 Å². The van der Waals surface area contributed by atoms with Crippen LogP contribution in [-0.2, 0) is 25.7 Å². The van der Waals surface area contributed by atoms with E-state index in [1.807, 2.05) is 0 Å². The summed E-state index contributed by atoms with van der Waals surface area (Å²) in [6.45, 7) is 0.00334. The largest absolute Gasteiger partial charge is 0.461 e. The van der Waals surface area contributed by atoms with Crippen LogP contribution in [0.5, 0.6) is 0 Å². The van der Waals surface area contributed by atoms with Gasteiger partial charge in [-0.05, 0) is 25.0 Å². The summed E-state index contributed by atoms with van der Waals surface area (Å²) in [6.07, 6.45) is 0.160. The number of amides is 2. The van der Waals surface area contributed by atoms with Crippen molar-refractivity contribution in [1.29, 1.82) is 0 Å². The molecule has 1 aromatic rings. The minimum Gasteiger partial charge on any atom is -0.461 e. The molecule has 0 spiro atoms. The van der Waals surface area contributed by atoms with Crippen LogP contribution >= 0.6 is 0 Å². The number of hydrogen-bond acceptors (Lipinski definition) is 7. The number of hydrogen-bond donors (Lipinski definition) is 2. The van der Waals surface area contributed by atoms with Gasteiger partial charge in [-0.2, -0.15) is 0 Å². The molecule has 8 nitrogen and oxygen atoms in total. The average molecular weight is 365 g/mol. The normalized spacial score (nSPS) is 39.4. The highest BCUT2D eigenvalue weighted by atomic mass is 16.6. The van der Waals surface area contributed by atoms with Crippen LogP contribution in [0.4, 0.5) is 0 Å². The number of aliphatic hydroxyl groups is 2. The molecular formula is C18H23NO7. The van der Waals surface area contributed by atoms with Crippen molar-refractivity contribution in [3.8, 4) is 0 Å². The zero-order valence-corrected chi connectivity index (χ0v) is 14.8. The quantitative estimate of drug-likeness (QED) is 0.745. The van der Waals surface area contributed by atoms with E-state index in [9.17, 15) is 19.8 Å². The molecule has 6 atom stereocenters. The molecule has 8 heteroatoms. The predicted octanol–water partition coefficient (Wildman–Crippen LogP) is 0.435. The molecule has 2 saturated heterocycles. The van der Waals surface area contributed by atoms with Gasteiger partial charge in [0, 0.05) is 26.0 Å². The van der Waals surface area contributed by atoms with Gasteiger partial charge in [0.2, 0.25) is 11.8 Å². The Balaban J connectivity index is 1.69. The van der Waals surface area contributed by atoms with E-state index < -0.39 is 35.6 Å². The third kappa shape index (κ3) is 2.36. The first kappa shape index (κ1) is 17.7. The average Bonchev–Trinajstić information content (AvgIpc) is 3.28. The number of likely N-dealkylation sites (tertiary alicyclic amines) is 1. The SMILES string of the molecule is COC[C@H]1C[C@@H]2C(=O)N(C)C(=O)[C@@H]2[C@@H]2C[C@@H](c3ccc(CO)o3)O[C@]12O. The molecule has 1 aromatic heterocycles. The van der Waals surface area contributed by atoms with Crippen molar-refractivity contribution in [3.63, 3.8) is 0 Å². The van der Waals surface area contributed by atoms with Crippen molar-refractivity contribution in [2.24, 2.45) is 23.7 Å². The van der Waals surface area contributed by atoms with Crippen molar-refractivity contribution in [2.75, 3.05) is 20.8 Å². The summed E-state index contributed by atoms with van der Waals surface area (Å²) >= 11 is 0. The molecular weight excluding hydrogens is 342 g/mol. The summed E-state index contributed by atoms with van der Waals surface area (Å²) in [6, 6.07) is 3.35. The smallest absolute Gasteiger partial charge is 0.233 e. The second kappa shape index (κ2) is 6.16. The van der Waals surface area contributed by atoms with Crippen LogP contribution in [0, 0.1) is 23.7 Å². The molecule has 0 aromatic carbocycles. The highest BCUT2D eigenvalue weighted by molar-refractivity contribution is 6.05. The Morgan fingerprint density at radius 3 is 2.73 bits per heavy atom. The van der Waals surface area contributed by atoms with Crippen molar-refractivity contribution in [2.45, 2.75) is 31.3 Å². The van der Waals surface area contributed by atoms with E-state index in [-0.39, 0.29) is 25.0 Å². The number of furan rings is 1. The minimum absolute atomic E-state index is 0.202. The molecule has 142 valence electrons. The lowest BCUT2D eigenvalue weighted by Crippen LogP contribution is -2.54. The summed E-state index contributed by atoms with van der Waals surface area (Å²) in [7, 11) is 3.02. The number of rotatable bonds is 4. The van der Waals surface area contributed by atoms with Crippen molar-refractivity contribution < 1.29 is 33.7 Å². The fraction of sp³-hybridized carbons (Fsp3) is 0.667. The van der Waals surface area contributed by atoms with Crippen LogP contribution in [0.3, 0.4) is 0 Å². The number of nitrogens with zero attached hydrogens (tertiary/aromatic N) is 1. The number of ether oxygens (including phenoxy) is 2. The molecule has 0 unspecified atom stereocenters. The lowest BCUT2D eigenvalue weighted by Gasteiger charge is -2.44. The lowest BCUT2D eigenvalue weighted by molar-refractivity contribution is -0.276. The van der Waals surface area contributed by atoms with E-state index in [1.165, 1.54) is 14.2 Å². The van der Waals surface area contributed by atoms with Crippen molar-refractivity contribution in [3.05, 3.63) is 23.7 Å². The van der Waals surface area contributed by atoms with Gasteiger partial charge in [-0.3, -0.25) is 14.5 Å². The summed E-state index contributed by atoms with van der Waals surface area (Å²) in [4.78, 5) is 26.3. The number of carbonyl (C=O) groups is 2. The van der Waals surface area contributed by atoms with E-state index >= 15 is 0 Å². The number of fused-ring (bicyclic) bond motifs is 3. The summed E-state index contributed by atoms with van der Waals surface area (Å²) in [5.41, 5.74) is 0. The lowest BCUT2D eigenvalue weighted by atomic mass is 9.64. The molecule has 1 aliphatic carbocycles. The van der Waals surface area contributed by atoms with Gasteiger partial charge in [0.05, 0.1) is 18.4 Å². The van der Waals surface area contributed by atoms with Crippen LogP contribution < -0.4 is 0 Å². The highest BCUT2D eigenvalue weighted by Crippen LogP contribution is 2.58. The fourth-order valence-electron chi connectivity index (χ4n) is 4.86. The van der Waals surface area contributed by atoms with Gasteiger partial charge in [0.15, 0.2) is 5.79 Å². The van der Waals surface area contributed by atoms with Crippen LogP contribution in [0.15, 0.2) is 16.5 Å². The monoisotopic (exact) mass is 365 g/mol. The third-order valence-electron chi connectivity index (χ3n) is 6.11. The van der Waals surface area contributed by atoms with Crippen LogP contribution in [0.2, 0.25) is 0 Å². The first-order valence-corrected chi connectivity index (χ1v) is 8.80. The highest BCUT2D eigenvalue weighted by Gasteiger charge is 2.66. The second-order valence-electron chi connectivity index (χ2n) is 7.42. The summed E-state index contributed by atoms with van der Waals surface area (Å²) in [5, 5.41) is 20.6. The van der Waals surface area contributed by atoms with Gasteiger partial charge >= 0.3 is 0 Å². The van der Waals surface area contributed by atoms with Crippen molar-refractivity contribution in [1.82, 2.24) is 4.90 Å². The first-order valence-electron chi connectivity index (χ1n) is 8.80. The molecule has 2 amide bonds. The molecule has 1 saturated carbocycles. The molecule has 2 N–H and O–H groups in total. The van der Waals surface area contributed by atoms with Gasteiger partial charge < -0.3 is 24.1 Å². The Bertz CT molecular complexity index is 731. The Kier molecular flexibility index (Phi) is 4.18. The molecule has 0 bridgehead atoms. The predicted molar refractivity (Wildman–Crippen MR) is 86.3 cm³/mol. The van der Waals surface area contributed by atoms with Crippen molar-refractivity contribution >= 4 is 11.8 Å². The van der Waals surface area contributed by atoms with Gasteiger partial charge in [-0.1, -0.05) is 0 Å². The number of imide groups is 1. The van der Waals surface area contributed by atoms with E-state index in [0.29, 0.717) is 24.4 Å². The Hall–Kier alpha value is -1.74. The van der Waals surface area contributed by atoms with E-state index in [1.54, 1.807) is 12.1 Å². The van der Waals surface area contributed by atoms with Crippen LogP contribution in [0.1, 0.15) is 30.5 Å². The topological polar surface area (TPSA) is 109 Å². The molecule has 0 radical (unpaired) electrons. The van der Waals surface area contributed by atoms with Crippen LogP contribution in [-0.4, -0.2) is 53.5 Å². The summed E-state index contributed by atoms with van der Waals surface area (Å²) in [5.74, 6) is -3.11. The number of methoxy groups -OCH3 is 1. The van der Waals surface area contributed by atoms with Gasteiger partial charge in [-0.25, -0.2) is 0 Å². The molecule has 2 aliphatic heterocycles. The first-order chi connectivity index (χ1) is 12.4. The van der Waals surface area contributed by atoms with Gasteiger partial charge in [0.25, 0.3) is 0 Å². The number of aliphatic hydroxyl groups excluding tert-OH is 1. The minimum atomic E-state index is -1.56. The van der Waals surface area contributed by atoms with Crippen LogP contribution in [0.25, 0.3) is 0 Å². The molecule has 3 aliphatic rings. The molecule has 26 heavy (non-hydrogen) atoms. The zero-order valence-electron chi connectivity index (χ0n) is 14.8. The fourth-order valence-corrected chi connectivity index (χ4v) is 4.86. The Labute approximate surface area is 150 Å². The zero-order chi connectivity index (χ0) is 18.6. The molecule has 3 heterocycles. The van der Waals surface area contributed by atoms with E-state index in [4.69, 9.17) is 13.9 Å². The number of carbonyl (C=O) groups excluding carboxylic acids is 2. The second-order valence-corrected chi connectivity index (χ2v) is 7.42. The van der Waals surface area contributed by atoms with E-state index in [2.05, 4.69) is 0 Å². The summed E-state index contributed by atoms with van der Waals surface area (Å²) < 4.78 is 16.8. The Morgan fingerprint density at radius 2 is 2.08 bits per heavy atom. The standard InChI is InChI=1S/C18H23NO7/c1-19-16(21)11-5-9(8-24-2)18(23)12(15(11)17(19)22)6-14(26-18)13-4-3-10(7-20)25-13/h3-4,9,11-12,14-15,20,23H,5-8H2,1-2H3/t9-,11+,12+,14+,15+,18-/m1/s1. The van der Waals surface area contributed by atoms with Gasteiger partial charge in [0.1, 0.15) is 24.2 Å². The molecule has 4 rings (SSSR count). The molecule has 3 fully saturated rings. The Morgan fingerprint density at radius 1 is 1.31 bits per heavy atom. The maximum Gasteiger partial charge on any atom is 0.233 e.